The van der Waals surface area contributed by atoms with Crippen LogP contribution in [-0.2, 0) is 74.0 Å². The number of nitrogens with one attached hydrogen (secondary N) is 3. The van der Waals surface area contributed by atoms with Gasteiger partial charge in [0, 0.05) is 27.1 Å². The molecule has 1 aromatic carbocycles. The quantitative estimate of drug-likeness (QED) is 0.0204. The van der Waals surface area contributed by atoms with Gasteiger partial charge in [0.2, 0.25) is 11.8 Å². The van der Waals surface area contributed by atoms with Crippen molar-refractivity contribution < 1.29 is 79.6 Å². The van der Waals surface area contributed by atoms with Crippen LogP contribution in [0.25, 0.3) is 22.3 Å². The molecular formula is C51H75FN12O17P2SSi2. The summed E-state index contributed by atoms with van der Waals surface area (Å²) in [5.41, 5.74) is -0.190. The summed E-state index contributed by atoms with van der Waals surface area (Å²) in [4.78, 5) is 97.9. The van der Waals surface area contributed by atoms with Crippen molar-refractivity contribution in [2.45, 2.75) is 146 Å². The lowest BCUT2D eigenvalue weighted by molar-refractivity contribution is -0.130. The number of aliphatic hydroxyl groups is 1. The normalized spacial score (nSPS) is 23.8. The summed E-state index contributed by atoms with van der Waals surface area (Å²) in [7, 11) is -8.09. The van der Waals surface area contributed by atoms with Gasteiger partial charge in [0.25, 0.3) is 11.5 Å². The summed E-state index contributed by atoms with van der Waals surface area (Å²) in [5.74, 6) is -1.22. The van der Waals surface area contributed by atoms with E-state index < -0.39 is 128 Å². The fourth-order valence-corrected chi connectivity index (χ4v) is 14.1. The van der Waals surface area contributed by atoms with E-state index in [1.165, 1.54) is 39.6 Å². The lowest BCUT2D eigenvalue weighted by atomic mass is 10.1. The molecule has 1 unspecified atom stereocenters. The van der Waals surface area contributed by atoms with Crippen LogP contribution < -0.4 is 21.5 Å². The van der Waals surface area contributed by atoms with Crippen LogP contribution in [0.15, 0.2) is 60.4 Å². The molecule has 3 saturated heterocycles. The van der Waals surface area contributed by atoms with Gasteiger partial charge < -0.3 is 67.8 Å². The number of aromatic nitrogens is 8. The topological polar surface area (TPSA) is 345 Å². The van der Waals surface area contributed by atoms with Crippen LogP contribution in [0.2, 0.25) is 43.8 Å². The maximum Gasteiger partial charge on any atom is 0.407 e. The molecule has 29 nitrogen and oxygen atoms in total. The molecule has 4 aromatic heterocycles. The van der Waals surface area contributed by atoms with Crippen LogP contribution in [0, 0.1) is 0 Å². The van der Waals surface area contributed by atoms with E-state index in [0.717, 1.165) is 12.4 Å². The van der Waals surface area contributed by atoms with E-state index in [2.05, 4.69) is 60.5 Å². The van der Waals surface area contributed by atoms with Gasteiger partial charge in [-0.2, -0.15) is 0 Å². The molecule has 0 radical (unpaired) electrons. The highest BCUT2D eigenvalue weighted by Crippen LogP contribution is 2.56. The van der Waals surface area contributed by atoms with Gasteiger partial charge >= 0.3 is 21.1 Å². The number of amides is 4. The third kappa shape index (κ3) is 16.3. The van der Waals surface area contributed by atoms with Gasteiger partial charge in [-0.05, 0) is 61.0 Å². The van der Waals surface area contributed by atoms with Crippen molar-refractivity contribution in [1.29, 1.82) is 0 Å². The molecule has 8 rings (SSSR count). The molecule has 472 valence electrons. The highest BCUT2D eigenvalue weighted by atomic mass is 32.5. The van der Waals surface area contributed by atoms with E-state index in [1.807, 2.05) is 33.9 Å². The first-order valence-electron chi connectivity index (χ1n) is 27.9. The van der Waals surface area contributed by atoms with Crippen molar-refractivity contribution >= 4 is 95.1 Å². The molecule has 0 aliphatic carbocycles. The second-order valence-electron chi connectivity index (χ2n) is 23.5. The summed E-state index contributed by atoms with van der Waals surface area (Å²) in [5, 5.41) is 18.2. The first-order valence-corrected chi connectivity index (χ1v) is 38.3. The van der Waals surface area contributed by atoms with Crippen molar-refractivity contribution in [1.82, 2.24) is 54.2 Å². The zero-order valence-corrected chi connectivity index (χ0v) is 53.9. The maximum atomic E-state index is 17.0. The molecule has 5 N–H and O–H groups in total. The number of imidazole rings is 2. The highest BCUT2D eigenvalue weighted by Gasteiger charge is 2.55. The molecule has 35 heteroatoms. The van der Waals surface area contributed by atoms with Gasteiger partial charge in [-0.15, -0.1) is 0 Å². The van der Waals surface area contributed by atoms with Gasteiger partial charge in [0.15, 0.2) is 55.1 Å². The summed E-state index contributed by atoms with van der Waals surface area (Å²) < 4.78 is 89.1. The Morgan fingerprint density at radius 1 is 0.884 bits per heavy atom. The van der Waals surface area contributed by atoms with Gasteiger partial charge in [-0.3, -0.25) is 42.0 Å². The van der Waals surface area contributed by atoms with Crippen LogP contribution in [0.5, 0.6) is 0 Å². The van der Waals surface area contributed by atoms with Crippen LogP contribution >= 0.6 is 15.0 Å². The molecular weight excluding hydrogens is 1220 g/mol. The number of alkyl halides is 1. The third-order valence-corrected chi connectivity index (χ3v) is 24.1. The Labute approximate surface area is 502 Å². The van der Waals surface area contributed by atoms with Gasteiger partial charge in [0.1, 0.15) is 56.5 Å². The number of nitrogens with zero attached hydrogens (tertiary/aromatic N) is 9. The molecule has 3 fully saturated rings. The molecule has 7 heterocycles. The van der Waals surface area contributed by atoms with E-state index >= 15 is 4.39 Å². The van der Waals surface area contributed by atoms with Crippen molar-refractivity contribution in [3.05, 3.63) is 71.6 Å². The average Bonchev–Trinajstić information content (AvgIpc) is 1.69. The summed E-state index contributed by atoms with van der Waals surface area (Å²) in [6.45, 7) is 12.2. The minimum Gasteiger partial charge on any atom is -0.450 e. The number of rotatable bonds is 27. The van der Waals surface area contributed by atoms with E-state index in [9.17, 15) is 38.5 Å². The number of benzene rings is 1. The van der Waals surface area contributed by atoms with E-state index in [0.29, 0.717) is 24.9 Å². The number of hydrogen-bond donors (Lipinski definition) is 5. The van der Waals surface area contributed by atoms with Gasteiger partial charge in [-0.25, -0.2) is 34.1 Å². The van der Waals surface area contributed by atoms with Crippen LogP contribution in [0.4, 0.5) is 15.0 Å². The lowest BCUT2D eigenvalue weighted by Crippen LogP contribution is -2.50. The van der Waals surface area contributed by atoms with E-state index in [1.54, 1.807) is 35.2 Å². The number of alkyl carbamates (subject to hydrolysis) is 1. The summed E-state index contributed by atoms with van der Waals surface area (Å²) in [6, 6.07) is 8.65. The molecule has 4 amide bonds. The minimum atomic E-state index is -4.30. The smallest absolute Gasteiger partial charge is 0.407 e. The number of ether oxygens (including phenoxy) is 4. The Bertz CT molecular complexity index is 3340. The van der Waals surface area contributed by atoms with Gasteiger partial charge in [-0.1, -0.05) is 58.6 Å². The molecule has 0 spiro atoms. The number of hydrogen-bond acceptors (Lipinski definition) is 22. The number of carbonyl (C=O) groups excluding carboxylic acids is 4. The predicted molar refractivity (Wildman–Crippen MR) is 317 cm³/mol. The van der Waals surface area contributed by atoms with Gasteiger partial charge in [0.05, 0.1) is 58.3 Å². The molecule has 86 heavy (non-hydrogen) atoms. The highest BCUT2D eigenvalue weighted by molar-refractivity contribution is 8.07. The molecule has 3 aliphatic rings. The maximum absolute atomic E-state index is 17.0. The first kappa shape index (κ1) is 66.6. The molecule has 3 aliphatic heterocycles. The summed E-state index contributed by atoms with van der Waals surface area (Å²) in [6.07, 6.45) is -6.51. The molecule has 0 bridgehead atoms. The monoisotopic (exact) mass is 1300 g/mol. The SMILES string of the molecule is CC(=O)N1CCC[C@@H]1CO[P@@](=S)(OC[C@H]1O[C@@H](n2cnc3c(NC(=O)c4ccccc4)ncnc32)[C@H](F)[C@@H]1O[PH](=O)O)O[C@@H]1[C@H](O[Si](C)(C)C(C)(C)C)[C@@H](CO)O[C@H]1n1cnc2c(=O)n(CCOCNC(=O)CNC(=O)OCC[Si](C)(C)C)cnc21. The number of likely N-dealkylation sites (tertiary alicyclic amines) is 1. The minimum absolute atomic E-state index is 0.00847. The zero-order chi connectivity index (χ0) is 62.3. The van der Waals surface area contributed by atoms with Crippen molar-refractivity contribution in [2.24, 2.45) is 0 Å². The number of carbonyl (C=O) groups is 4. The standard InChI is InChI=1S/C51H75FN12O17P2SSi2/c1-31(66)62-17-13-16-33(62)24-75-83(84,76-25-35-40(79-82(71)72)37(52)48(78-35)63-28-56-38-43(54-26-55-44(38)63)60-46(68)32-14-11-10-12-15-32)80-42-41(81-86(8,9)51(2,3)4)34(23-65)77-49(42)64-29-57-39-45(64)58-27-61(47(39)69)18-19-73-30-59-36(67)22-53-50(70)74-20-21-85(5,6)7/h10-12,14-15,26-29,33-35,37,40-42,48-49,65,82H,13,16-25,30H2,1-9H3,(H,53,70)(H,59,67)(H,71,72)(H,54,55,60,68)/t33-,34-,35-,37-,40-,41-,42-,48-,49-,83-/m1/s1. The third-order valence-electron chi connectivity index (χ3n) is 15.1. The first-order chi connectivity index (χ1) is 40.7. The van der Waals surface area contributed by atoms with Crippen molar-refractivity contribution in [3.8, 4) is 0 Å². The zero-order valence-electron chi connectivity index (χ0n) is 49.2. The average molecular weight is 1300 g/mol. The number of fused-ring (bicyclic) bond motifs is 2. The predicted octanol–water partition coefficient (Wildman–Crippen LogP) is 4.78. The number of anilines is 1. The lowest BCUT2D eigenvalue weighted by Gasteiger charge is -2.41. The largest absolute Gasteiger partial charge is 0.450 e. The molecule has 11 atom stereocenters. The van der Waals surface area contributed by atoms with Crippen LogP contribution in [0.3, 0.4) is 0 Å². The Morgan fingerprint density at radius 3 is 2.26 bits per heavy atom. The molecule has 5 aromatic rings. The summed E-state index contributed by atoms with van der Waals surface area (Å²) >= 11 is 6.27. The Hall–Kier alpha value is -5.36. The second-order valence-corrected chi connectivity index (χ2v) is 37.6. The Morgan fingerprint density at radius 2 is 1.57 bits per heavy atom. The van der Waals surface area contributed by atoms with Crippen LogP contribution in [0.1, 0.15) is 63.4 Å². The Balaban J connectivity index is 1.04. The van der Waals surface area contributed by atoms with E-state index in [-0.39, 0.29) is 73.7 Å². The van der Waals surface area contributed by atoms with Crippen LogP contribution in [-0.4, -0.2) is 189 Å². The molecule has 0 saturated carbocycles. The number of halogens is 1. The second kappa shape index (κ2) is 28.4. The Kier molecular flexibility index (Phi) is 22.0. The number of aliphatic hydroxyl groups excluding tert-OH is 1. The van der Waals surface area contributed by atoms with E-state index in [4.69, 9.17) is 53.3 Å². The fourth-order valence-electron chi connectivity index (χ4n) is 9.45. The fraction of sp³-hybridized carbons (Fsp3) is 0.608. The van der Waals surface area contributed by atoms with Crippen molar-refractivity contribution in [3.63, 3.8) is 0 Å². The van der Waals surface area contributed by atoms with Crippen molar-refractivity contribution in [2.75, 3.05) is 58.2 Å².